The first kappa shape index (κ1) is 17.1. The summed E-state index contributed by atoms with van der Waals surface area (Å²) in [5.74, 6) is 0. The molecule has 2 N–H and O–H groups in total. The average Bonchev–Trinajstić information content (AvgIpc) is 3.00. The highest BCUT2D eigenvalue weighted by Gasteiger charge is 2.04. The van der Waals surface area contributed by atoms with Crippen LogP contribution >= 0.6 is 0 Å². The number of nitrogens with zero attached hydrogens (tertiary/aromatic N) is 2. The molecule has 0 aliphatic heterocycles. The van der Waals surface area contributed by atoms with E-state index >= 15 is 0 Å². The van der Waals surface area contributed by atoms with Gasteiger partial charge in [-0.05, 0) is 25.5 Å². The van der Waals surface area contributed by atoms with Crippen molar-refractivity contribution < 1.29 is 9.36 Å². The van der Waals surface area contributed by atoms with Gasteiger partial charge in [-0.1, -0.05) is 31.0 Å². The van der Waals surface area contributed by atoms with Crippen LogP contribution in [-0.4, -0.2) is 17.1 Å². The molecule has 0 atom stereocenters. The summed E-state index contributed by atoms with van der Waals surface area (Å²) in [6.07, 6.45) is 9.63. The lowest BCUT2D eigenvalue weighted by Gasteiger charge is -2.07. The largest absolute Gasteiger partial charge is 0.338 e. The highest BCUT2D eigenvalue weighted by Crippen LogP contribution is 2.07. The van der Waals surface area contributed by atoms with Crippen LogP contribution in [0, 0.1) is 6.92 Å². The van der Waals surface area contributed by atoms with Gasteiger partial charge in [0.2, 0.25) is 6.33 Å². The maximum Gasteiger partial charge on any atom is 0.319 e. The van der Waals surface area contributed by atoms with Crippen LogP contribution in [0.3, 0.4) is 0 Å². The molecule has 0 radical (unpaired) electrons. The number of imidazole rings is 1. The zero-order chi connectivity index (χ0) is 16.5. The first-order chi connectivity index (χ1) is 11.2. The van der Waals surface area contributed by atoms with E-state index in [-0.39, 0.29) is 6.03 Å². The molecule has 0 spiro atoms. The molecule has 5 nitrogen and oxygen atoms in total. The van der Waals surface area contributed by atoms with E-state index in [0.29, 0.717) is 6.54 Å². The minimum absolute atomic E-state index is 0.153. The lowest BCUT2D eigenvalue weighted by Crippen LogP contribution is -2.35. The molecule has 0 fully saturated rings. The molecule has 0 bridgehead atoms. The predicted octanol–water partition coefficient (Wildman–Crippen LogP) is 3.10. The molecule has 0 aliphatic rings. The summed E-state index contributed by atoms with van der Waals surface area (Å²) in [6.45, 7) is 6.86. The standard InChI is InChI=1S/C18H26N4O/c1-3-4-11-21-13-14-22(15-21)12-5-10-19-18(23)20-17-8-6-16(2)7-9-17/h6-9,13-15H,3-5,10-12H2,1-2H3,(H-,19,20,23)/p+1. The van der Waals surface area contributed by atoms with Crippen molar-refractivity contribution >= 4 is 11.7 Å². The number of hydrogen-bond donors (Lipinski definition) is 2. The van der Waals surface area contributed by atoms with Crippen LogP contribution < -0.4 is 15.2 Å². The van der Waals surface area contributed by atoms with Crippen molar-refractivity contribution in [3.05, 3.63) is 48.5 Å². The van der Waals surface area contributed by atoms with Crippen molar-refractivity contribution in [3.8, 4) is 0 Å². The maximum atomic E-state index is 11.8. The normalized spacial score (nSPS) is 10.5. The number of unbranched alkanes of at least 4 members (excludes halogenated alkanes) is 1. The first-order valence-corrected chi connectivity index (χ1v) is 8.33. The maximum absolute atomic E-state index is 11.8. The molecular weight excluding hydrogens is 288 g/mol. The lowest BCUT2D eigenvalue weighted by atomic mass is 10.2. The first-order valence-electron chi connectivity index (χ1n) is 8.33. The smallest absolute Gasteiger partial charge is 0.319 e. The molecule has 23 heavy (non-hydrogen) atoms. The fourth-order valence-corrected chi connectivity index (χ4v) is 2.32. The molecular formula is C18H27N4O+. The third kappa shape index (κ3) is 6.14. The van der Waals surface area contributed by atoms with Crippen LogP contribution in [0.25, 0.3) is 0 Å². The van der Waals surface area contributed by atoms with Gasteiger partial charge in [-0.15, -0.1) is 0 Å². The Hall–Kier alpha value is -2.30. The van der Waals surface area contributed by atoms with Crippen LogP contribution in [0.5, 0.6) is 0 Å². The summed E-state index contributed by atoms with van der Waals surface area (Å²) in [6, 6.07) is 7.62. The number of amides is 2. The summed E-state index contributed by atoms with van der Waals surface area (Å²) >= 11 is 0. The van der Waals surface area contributed by atoms with E-state index in [1.807, 2.05) is 31.2 Å². The number of benzene rings is 1. The molecule has 124 valence electrons. The van der Waals surface area contributed by atoms with E-state index in [9.17, 15) is 4.79 Å². The number of hydrogen-bond acceptors (Lipinski definition) is 1. The Morgan fingerprint density at radius 3 is 2.74 bits per heavy atom. The van der Waals surface area contributed by atoms with E-state index in [4.69, 9.17) is 0 Å². The predicted molar refractivity (Wildman–Crippen MR) is 92.4 cm³/mol. The highest BCUT2D eigenvalue weighted by atomic mass is 16.2. The quantitative estimate of drug-likeness (QED) is 0.571. The van der Waals surface area contributed by atoms with Gasteiger partial charge in [-0.25, -0.2) is 13.9 Å². The molecule has 5 heteroatoms. The zero-order valence-electron chi connectivity index (χ0n) is 14.1. The fraction of sp³-hybridized carbons (Fsp3) is 0.444. The Kier molecular flexibility index (Phi) is 6.66. The molecule has 2 rings (SSSR count). The van der Waals surface area contributed by atoms with Gasteiger partial charge < -0.3 is 10.6 Å². The van der Waals surface area contributed by atoms with Crippen molar-refractivity contribution in [2.45, 2.75) is 46.2 Å². The molecule has 2 aromatic rings. The molecule has 1 aromatic carbocycles. The number of carbonyl (C=O) groups excluding carboxylic acids is 1. The number of anilines is 1. The Morgan fingerprint density at radius 2 is 2.00 bits per heavy atom. The third-order valence-electron chi connectivity index (χ3n) is 3.70. The van der Waals surface area contributed by atoms with Gasteiger partial charge in [0.15, 0.2) is 0 Å². The number of aryl methyl sites for hydroxylation is 3. The molecule has 0 saturated carbocycles. The zero-order valence-corrected chi connectivity index (χ0v) is 14.1. The minimum atomic E-state index is -0.153. The van der Waals surface area contributed by atoms with E-state index in [0.717, 1.165) is 25.2 Å². The van der Waals surface area contributed by atoms with Crippen LogP contribution in [0.4, 0.5) is 10.5 Å². The summed E-state index contributed by atoms with van der Waals surface area (Å²) in [7, 11) is 0. The van der Waals surface area contributed by atoms with Crippen LogP contribution in [0.2, 0.25) is 0 Å². The second-order valence-corrected chi connectivity index (χ2v) is 5.84. The molecule has 0 aliphatic carbocycles. The van der Waals surface area contributed by atoms with Gasteiger partial charge >= 0.3 is 6.03 Å². The number of rotatable bonds is 8. The van der Waals surface area contributed by atoms with Crippen molar-refractivity contribution in [2.75, 3.05) is 11.9 Å². The second kappa shape index (κ2) is 8.98. The minimum Gasteiger partial charge on any atom is -0.338 e. The Labute approximate surface area is 138 Å². The van der Waals surface area contributed by atoms with Crippen LogP contribution in [-0.2, 0) is 13.1 Å². The number of nitrogens with one attached hydrogen (secondary N) is 2. The third-order valence-corrected chi connectivity index (χ3v) is 3.70. The van der Waals surface area contributed by atoms with Crippen LogP contribution in [0.1, 0.15) is 31.7 Å². The van der Waals surface area contributed by atoms with Crippen molar-refractivity contribution in [3.63, 3.8) is 0 Å². The molecule has 2 amide bonds. The summed E-state index contributed by atoms with van der Waals surface area (Å²) in [4.78, 5) is 11.8. The van der Waals surface area contributed by atoms with Gasteiger partial charge in [-0.2, -0.15) is 0 Å². The number of urea groups is 1. The Bertz CT molecular complexity index is 604. The number of carbonyl (C=O) groups is 1. The topological polar surface area (TPSA) is 49.9 Å². The van der Waals surface area contributed by atoms with Gasteiger partial charge in [0.1, 0.15) is 12.4 Å². The van der Waals surface area contributed by atoms with E-state index in [1.165, 1.54) is 18.4 Å². The second-order valence-electron chi connectivity index (χ2n) is 5.84. The summed E-state index contributed by atoms with van der Waals surface area (Å²) < 4.78 is 4.37. The molecule has 0 saturated heterocycles. The monoisotopic (exact) mass is 315 g/mol. The van der Waals surface area contributed by atoms with Gasteiger partial charge in [-0.3, -0.25) is 0 Å². The fourth-order valence-electron chi connectivity index (χ4n) is 2.32. The van der Waals surface area contributed by atoms with Gasteiger partial charge in [0.05, 0.1) is 13.1 Å². The van der Waals surface area contributed by atoms with Crippen molar-refractivity contribution in [1.29, 1.82) is 0 Å². The highest BCUT2D eigenvalue weighted by molar-refractivity contribution is 5.89. The van der Waals surface area contributed by atoms with Crippen LogP contribution in [0.15, 0.2) is 43.0 Å². The Balaban J connectivity index is 1.63. The number of aromatic nitrogens is 2. The van der Waals surface area contributed by atoms with Gasteiger partial charge in [0, 0.05) is 18.7 Å². The van der Waals surface area contributed by atoms with E-state index in [1.54, 1.807) is 0 Å². The molecule has 1 aromatic heterocycles. The summed E-state index contributed by atoms with van der Waals surface area (Å²) in [5.41, 5.74) is 1.99. The molecule has 0 unspecified atom stereocenters. The van der Waals surface area contributed by atoms with Crippen molar-refractivity contribution in [2.24, 2.45) is 0 Å². The van der Waals surface area contributed by atoms with E-state index in [2.05, 4.69) is 45.4 Å². The lowest BCUT2D eigenvalue weighted by molar-refractivity contribution is -0.696. The summed E-state index contributed by atoms with van der Waals surface area (Å²) in [5, 5.41) is 5.72. The van der Waals surface area contributed by atoms with E-state index < -0.39 is 0 Å². The molecule has 1 heterocycles. The average molecular weight is 315 g/mol. The van der Waals surface area contributed by atoms with Crippen molar-refractivity contribution in [1.82, 2.24) is 9.88 Å². The SMILES string of the molecule is CCCCn1cc[n+](CCCNC(=O)Nc2ccc(C)cc2)c1. The van der Waals surface area contributed by atoms with Gasteiger partial charge in [0.25, 0.3) is 0 Å². The Morgan fingerprint density at radius 1 is 1.22 bits per heavy atom.